The number of anilines is 1. The lowest BCUT2D eigenvalue weighted by atomic mass is 9.76. The first kappa shape index (κ1) is 16.2. The number of halogens is 2. The summed E-state index contributed by atoms with van der Waals surface area (Å²) in [5, 5.41) is 4.15. The average molecular weight is 416 g/mol. The maximum Gasteiger partial charge on any atom is 0.172 e. The van der Waals surface area contributed by atoms with E-state index in [0.717, 1.165) is 44.5 Å². The molecule has 0 saturated carbocycles. The third kappa shape index (κ3) is 2.36. The van der Waals surface area contributed by atoms with E-state index in [4.69, 9.17) is 0 Å². The Kier molecular flexibility index (Phi) is 3.57. The number of hydrogen-bond acceptors (Lipinski definition) is 4. The molecule has 0 bridgehead atoms. The Morgan fingerprint density at radius 2 is 2.04 bits per heavy atom. The molecule has 3 aromatic rings. The summed E-state index contributed by atoms with van der Waals surface area (Å²) in [4.78, 5) is 11.4. The zero-order chi connectivity index (χ0) is 17.9. The third-order valence-corrected chi connectivity index (χ3v) is 6.82. The maximum absolute atomic E-state index is 14.4. The first-order valence-electron chi connectivity index (χ1n) is 8.93. The predicted octanol–water partition coefficient (Wildman–Crippen LogP) is 3.72. The molecular formula is C19H19BrFN5. The fourth-order valence-corrected chi connectivity index (χ4v) is 4.83. The fraction of sp³-hybridized carbons (Fsp3) is 0.421. The Labute approximate surface area is 159 Å². The summed E-state index contributed by atoms with van der Waals surface area (Å²) >= 11 is 3.46. The smallest absolute Gasteiger partial charge is 0.172 e. The van der Waals surface area contributed by atoms with Crippen molar-refractivity contribution in [3.05, 3.63) is 51.9 Å². The number of nitrogens with zero attached hydrogens (tertiary/aromatic N) is 5. The van der Waals surface area contributed by atoms with Gasteiger partial charge >= 0.3 is 0 Å². The molecule has 0 unspecified atom stereocenters. The van der Waals surface area contributed by atoms with Gasteiger partial charge in [0, 0.05) is 25.0 Å². The van der Waals surface area contributed by atoms with Crippen molar-refractivity contribution in [3.8, 4) is 0 Å². The quantitative estimate of drug-likeness (QED) is 0.607. The van der Waals surface area contributed by atoms with Crippen LogP contribution in [0.15, 0.2) is 29.1 Å². The Morgan fingerprint density at radius 1 is 1.23 bits per heavy atom. The van der Waals surface area contributed by atoms with Gasteiger partial charge < -0.3 is 4.90 Å². The molecule has 2 aliphatic rings. The van der Waals surface area contributed by atoms with E-state index < -0.39 is 0 Å². The number of aryl methyl sites for hydroxylation is 1. The SMILES string of the molecule is Cc1nc(N2CCC3(CC2)Cc2cccnc2C3)c2c(F)cnn2c1Br. The molecule has 7 heteroatoms. The minimum Gasteiger partial charge on any atom is -0.355 e. The summed E-state index contributed by atoms with van der Waals surface area (Å²) in [7, 11) is 0. The van der Waals surface area contributed by atoms with Gasteiger partial charge in [-0.25, -0.2) is 13.9 Å². The van der Waals surface area contributed by atoms with Crippen molar-refractivity contribution in [2.75, 3.05) is 18.0 Å². The van der Waals surface area contributed by atoms with E-state index in [-0.39, 0.29) is 5.82 Å². The van der Waals surface area contributed by atoms with Gasteiger partial charge in [-0.1, -0.05) is 6.07 Å². The zero-order valence-electron chi connectivity index (χ0n) is 14.5. The van der Waals surface area contributed by atoms with Crippen molar-refractivity contribution in [2.45, 2.75) is 32.6 Å². The highest BCUT2D eigenvalue weighted by Gasteiger charge is 2.41. The second-order valence-corrected chi connectivity index (χ2v) is 8.27. The van der Waals surface area contributed by atoms with Gasteiger partial charge in [0.05, 0.1) is 11.9 Å². The lowest BCUT2D eigenvalue weighted by Gasteiger charge is -2.40. The van der Waals surface area contributed by atoms with Gasteiger partial charge in [0.1, 0.15) is 10.1 Å². The largest absolute Gasteiger partial charge is 0.355 e. The second-order valence-electron chi connectivity index (χ2n) is 7.51. The van der Waals surface area contributed by atoms with Crippen LogP contribution in [0.5, 0.6) is 0 Å². The lowest BCUT2D eigenvalue weighted by Crippen LogP contribution is -2.41. The molecule has 1 spiro atoms. The molecule has 1 saturated heterocycles. The van der Waals surface area contributed by atoms with Crippen LogP contribution < -0.4 is 4.90 Å². The third-order valence-electron chi connectivity index (χ3n) is 5.91. The molecule has 3 aromatic heterocycles. The molecule has 0 amide bonds. The summed E-state index contributed by atoms with van der Waals surface area (Å²) in [6.45, 7) is 3.67. The second kappa shape index (κ2) is 5.74. The van der Waals surface area contributed by atoms with E-state index in [9.17, 15) is 4.39 Å². The summed E-state index contributed by atoms with van der Waals surface area (Å²) in [5.41, 5.74) is 4.21. The first-order valence-corrected chi connectivity index (χ1v) is 9.73. The first-order chi connectivity index (χ1) is 12.6. The molecule has 5 nitrogen and oxygen atoms in total. The van der Waals surface area contributed by atoms with E-state index in [1.807, 2.05) is 19.2 Å². The topological polar surface area (TPSA) is 46.3 Å². The van der Waals surface area contributed by atoms with Gasteiger partial charge in [-0.15, -0.1) is 0 Å². The van der Waals surface area contributed by atoms with Crippen LogP contribution in [0, 0.1) is 18.2 Å². The zero-order valence-corrected chi connectivity index (χ0v) is 16.1. The van der Waals surface area contributed by atoms with Crippen molar-refractivity contribution in [1.82, 2.24) is 19.6 Å². The number of pyridine rings is 1. The molecule has 1 fully saturated rings. The highest BCUT2D eigenvalue weighted by molar-refractivity contribution is 9.10. The normalized spacial score (nSPS) is 18.7. The van der Waals surface area contributed by atoms with Gasteiger partial charge in [-0.2, -0.15) is 5.10 Å². The lowest BCUT2D eigenvalue weighted by molar-refractivity contribution is 0.231. The van der Waals surface area contributed by atoms with Gasteiger partial charge in [-0.05, 0) is 65.6 Å². The van der Waals surface area contributed by atoms with Crippen LogP contribution in [-0.2, 0) is 12.8 Å². The van der Waals surface area contributed by atoms with Crippen LogP contribution >= 0.6 is 15.9 Å². The van der Waals surface area contributed by atoms with Crippen molar-refractivity contribution >= 4 is 27.3 Å². The highest BCUT2D eigenvalue weighted by Crippen LogP contribution is 2.44. The molecule has 4 heterocycles. The summed E-state index contributed by atoms with van der Waals surface area (Å²) in [6.07, 6.45) is 7.45. The van der Waals surface area contributed by atoms with E-state index in [1.165, 1.54) is 17.5 Å². The Bertz CT molecular complexity index is 980. The highest BCUT2D eigenvalue weighted by atomic mass is 79.9. The Morgan fingerprint density at radius 3 is 2.81 bits per heavy atom. The van der Waals surface area contributed by atoms with Crippen molar-refractivity contribution < 1.29 is 4.39 Å². The number of piperidine rings is 1. The van der Waals surface area contributed by atoms with Gasteiger partial charge in [0.2, 0.25) is 0 Å². The molecule has 5 rings (SSSR count). The van der Waals surface area contributed by atoms with Crippen LogP contribution in [0.25, 0.3) is 5.52 Å². The summed E-state index contributed by atoms with van der Waals surface area (Å²) in [5.74, 6) is 0.371. The number of aromatic nitrogens is 4. The van der Waals surface area contributed by atoms with Crippen LogP contribution in [-0.4, -0.2) is 32.7 Å². The minimum atomic E-state index is -0.328. The average Bonchev–Trinajstić information content (AvgIpc) is 3.20. The van der Waals surface area contributed by atoms with E-state index in [1.54, 1.807) is 4.52 Å². The fourth-order valence-electron chi connectivity index (χ4n) is 4.47. The van der Waals surface area contributed by atoms with Gasteiger partial charge in [-0.3, -0.25) is 4.98 Å². The van der Waals surface area contributed by atoms with Gasteiger partial charge in [0.15, 0.2) is 11.6 Å². The molecular weight excluding hydrogens is 397 g/mol. The van der Waals surface area contributed by atoms with Gasteiger partial charge in [0.25, 0.3) is 0 Å². The molecule has 0 aromatic carbocycles. The Balaban J connectivity index is 1.44. The monoisotopic (exact) mass is 415 g/mol. The molecule has 0 N–H and O–H groups in total. The van der Waals surface area contributed by atoms with Crippen LogP contribution in [0.1, 0.15) is 29.8 Å². The van der Waals surface area contributed by atoms with Crippen molar-refractivity contribution in [1.29, 1.82) is 0 Å². The van der Waals surface area contributed by atoms with E-state index in [2.05, 4.69) is 42.0 Å². The number of fused-ring (bicyclic) bond motifs is 2. The Hall–Kier alpha value is -2.02. The molecule has 1 aliphatic heterocycles. The molecule has 0 atom stereocenters. The maximum atomic E-state index is 14.4. The van der Waals surface area contributed by atoms with Crippen molar-refractivity contribution in [3.63, 3.8) is 0 Å². The number of hydrogen-bond donors (Lipinski definition) is 0. The summed E-state index contributed by atoms with van der Waals surface area (Å²) < 4.78 is 16.7. The van der Waals surface area contributed by atoms with Crippen molar-refractivity contribution in [2.24, 2.45) is 5.41 Å². The van der Waals surface area contributed by atoms with E-state index >= 15 is 0 Å². The van der Waals surface area contributed by atoms with Crippen LogP contribution in [0.4, 0.5) is 10.2 Å². The number of rotatable bonds is 1. The molecule has 1 aliphatic carbocycles. The summed E-state index contributed by atoms with van der Waals surface area (Å²) in [6, 6.07) is 4.23. The molecule has 0 radical (unpaired) electrons. The van der Waals surface area contributed by atoms with Crippen LogP contribution in [0.2, 0.25) is 0 Å². The standard InChI is InChI=1S/C19H19BrFN5/c1-12-17(20)26-16(14(21)11-23-26)18(24-12)25-7-4-19(5-8-25)9-13-3-2-6-22-15(13)10-19/h2-3,6,11H,4-5,7-10H2,1H3. The molecule has 134 valence electrons. The molecule has 26 heavy (non-hydrogen) atoms. The predicted molar refractivity (Wildman–Crippen MR) is 101 cm³/mol. The van der Waals surface area contributed by atoms with Crippen LogP contribution in [0.3, 0.4) is 0 Å². The minimum absolute atomic E-state index is 0.298. The van der Waals surface area contributed by atoms with E-state index in [0.29, 0.717) is 21.4 Å².